The Balaban J connectivity index is 1.34. The molecule has 3 aromatic heterocycles. The average molecular weight is 484 g/mol. The van der Waals surface area contributed by atoms with Crippen molar-refractivity contribution in [2.75, 3.05) is 26.7 Å². The fraction of sp³-hybridized carbons (Fsp3) is 0.379. The first-order valence-electron chi connectivity index (χ1n) is 12.7. The Bertz CT molecular complexity index is 1570. The van der Waals surface area contributed by atoms with Crippen molar-refractivity contribution in [3.05, 3.63) is 60.0 Å². The first kappa shape index (κ1) is 23.0. The number of H-pyrrole nitrogens is 1. The highest BCUT2D eigenvalue weighted by molar-refractivity contribution is 6.10. The normalized spacial score (nSPS) is 15.9. The van der Waals surface area contributed by atoms with E-state index in [2.05, 4.69) is 57.2 Å². The lowest BCUT2D eigenvalue weighted by atomic mass is 9.88. The van der Waals surface area contributed by atoms with Crippen molar-refractivity contribution >= 4 is 27.5 Å². The van der Waals surface area contributed by atoms with Gasteiger partial charge in [-0.05, 0) is 93.6 Å². The number of nitrogens with one attached hydrogen (secondary N) is 1. The van der Waals surface area contributed by atoms with Gasteiger partial charge in [-0.25, -0.2) is 9.50 Å². The van der Waals surface area contributed by atoms with Gasteiger partial charge >= 0.3 is 0 Å². The van der Waals surface area contributed by atoms with E-state index in [4.69, 9.17) is 4.74 Å². The van der Waals surface area contributed by atoms with E-state index in [1.807, 2.05) is 26.1 Å². The summed E-state index contributed by atoms with van der Waals surface area (Å²) in [6.07, 6.45) is 5.79. The van der Waals surface area contributed by atoms with Crippen LogP contribution in [0, 0.1) is 6.92 Å². The number of pyridine rings is 1. The Morgan fingerprint density at radius 2 is 1.89 bits per heavy atom. The van der Waals surface area contributed by atoms with Crippen LogP contribution >= 0.6 is 0 Å². The van der Waals surface area contributed by atoms with Gasteiger partial charge in [0.2, 0.25) is 0 Å². The molecular weight excluding hydrogens is 450 g/mol. The third kappa shape index (κ3) is 4.12. The quantitative estimate of drug-likeness (QED) is 0.355. The maximum absolute atomic E-state index is 10.2. The number of nitrogens with zero attached hydrogens (tertiary/aromatic N) is 4. The Labute approximate surface area is 210 Å². The molecule has 5 aromatic rings. The Kier molecular flexibility index (Phi) is 5.50. The molecular formula is C29H33N5O2. The van der Waals surface area contributed by atoms with Crippen LogP contribution in [-0.4, -0.2) is 61.9 Å². The van der Waals surface area contributed by atoms with Crippen molar-refractivity contribution in [1.82, 2.24) is 24.5 Å². The average Bonchev–Trinajstić information content (AvgIpc) is 3.47. The zero-order valence-electron chi connectivity index (χ0n) is 21.4. The van der Waals surface area contributed by atoms with Crippen LogP contribution in [0.4, 0.5) is 0 Å². The number of methoxy groups -OCH3 is 1. The molecule has 0 atom stereocenters. The van der Waals surface area contributed by atoms with Gasteiger partial charge in [-0.3, -0.25) is 0 Å². The fourth-order valence-electron chi connectivity index (χ4n) is 5.86. The number of hydrogen-bond acceptors (Lipinski definition) is 5. The molecule has 0 amide bonds. The summed E-state index contributed by atoms with van der Waals surface area (Å²) in [6.45, 7) is 8.76. The van der Waals surface area contributed by atoms with Crippen LogP contribution in [-0.2, 0) is 0 Å². The van der Waals surface area contributed by atoms with Crippen LogP contribution in [0.25, 0.3) is 38.6 Å². The number of β-amino-alcohol motifs (C(OH)–C–C–N with tert-alkyl or cyclic N) is 1. The minimum atomic E-state index is -0.641. The molecule has 1 aliphatic rings. The van der Waals surface area contributed by atoms with Crippen LogP contribution in [0.1, 0.15) is 43.7 Å². The molecule has 186 valence electrons. The van der Waals surface area contributed by atoms with Gasteiger partial charge in [-0.2, -0.15) is 5.10 Å². The first-order chi connectivity index (χ1) is 17.3. The van der Waals surface area contributed by atoms with Crippen molar-refractivity contribution < 1.29 is 9.84 Å². The molecule has 0 saturated carbocycles. The first-order valence-corrected chi connectivity index (χ1v) is 12.7. The van der Waals surface area contributed by atoms with E-state index in [0.29, 0.717) is 17.3 Å². The molecule has 2 aromatic carbocycles. The van der Waals surface area contributed by atoms with E-state index in [-0.39, 0.29) is 0 Å². The van der Waals surface area contributed by atoms with Crippen LogP contribution in [0.15, 0.2) is 48.9 Å². The number of fused-ring (bicyclic) bond motifs is 4. The number of rotatable bonds is 5. The molecule has 7 heteroatoms. The van der Waals surface area contributed by atoms with E-state index in [9.17, 15) is 5.11 Å². The zero-order chi connectivity index (χ0) is 25.0. The van der Waals surface area contributed by atoms with Crippen LogP contribution in [0.2, 0.25) is 0 Å². The van der Waals surface area contributed by atoms with Gasteiger partial charge in [0.15, 0.2) is 11.4 Å². The number of aromatic nitrogens is 4. The van der Waals surface area contributed by atoms with Crippen molar-refractivity contribution in [1.29, 1.82) is 0 Å². The molecule has 6 rings (SSSR count). The lowest BCUT2D eigenvalue weighted by Crippen LogP contribution is -2.42. The minimum absolute atomic E-state index is 0.554. The van der Waals surface area contributed by atoms with Crippen LogP contribution < -0.4 is 4.74 Å². The lowest BCUT2D eigenvalue weighted by Gasteiger charge is -2.35. The molecule has 7 nitrogen and oxygen atoms in total. The fourth-order valence-corrected chi connectivity index (χ4v) is 5.86. The number of ether oxygens (including phenoxy) is 1. The summed E-state index contributed by atoms with van der Waals surface area (Å²) in [7, 11) is 1.66. The van der Waals surface area contributed by atoms with Crippen molar-refractivity contribution in [3.8, 4) is 16.9 Å². The van der Waals surface area contributed by atoms with E-state index in [1.54, 1.807) is 18.0 Å². The zero-order valence-corrected chi connectivity index (χ0v) is 21.4. The molecule has 1 aliphatic heterocycles. The maximum Gasteiger partial charge on any atom is 0.197 e. The summed E-state index contributed by atoms with van der Waals surface area (Å²) in [4.78, 5) is 10.3. The van der Waals surface area contributed by atoms with Crippen molar-refractivity contribution in [2.45, 2.75) is 45.1 Å². The Hall–Kier alpha value is -3.42. The monoisotopic (exact) mass is 483 g/mol. The third-order valence-corrected chi connectivity index (χ3v) is 7.48. The summed E-state index contributed by atoms with van der Waals surface area (Å²) < 4.78 is 7.33. The molecule has 4 heterocycles. The number of piperidine rings is 1. The number of aliphatic hydroxyl groups is 1. The molecule has 0 unspecified atom stereocenters. The molecule has 0 aliphatic carbocycles. The SMILES string of the molecule is COc1cc(-c2cc(C)c3c(c2)[nH]c2ccc(C4CCN(CC(C)(C)O)CC4)cc23)cn2ncnc12. The lowest BCUT2D eigenvalue weighted by molar-refractivity contribution is 0.0282. The van der Waals surface area contributed by atoms with E-state index < -0.39 is 5.60 Å². The largest absolute Gasteiger partial charge is 0.493 e. The summed E-state index contributed by atoms with van der Waals surface area (Å²) in [5.41, 5.74) is 7.17. The predicted molar refractivity (Wildman–Crippen MR) is 144 cm³/mol. The van der Waals surface area contributed by atoms with Gasteiger partial charge < -0.3 is 19.7 Å². The number of aryl methyl sites for hydroxylation is 1. The van der Waals surface area contributed by atoms with Gasteiger partial charge in [-0.1, -0.05) is 12.1 Å². The van der Waals surface area contributed by atoms with Crippen molar-refractivity contribution in [2.24, 2.45) is 0 Å². The van der Waals surface area contributed by atoms with Crippen LogP contribution in [0.5, 0.6) is 5.75 Å². The number of benzene rings is 2. The maximum atomic E-state index is 10.2. The van der Waals surface area contributed by atoms with E-state index in [1.165, 1.54) is 21.9 Å². The topological polar surface area (TPSA) is 78.7 Å². The second-order valence-corrected chi connectivity index (χ2v) is 10.8. The molecule has 0 bridgehead atoms. The predicted octanol–water partition coefficient (Wildman–Crippen LogP) is 5.30. The third-order valence-electron chi connectivity index (χ3n) is 7.48. The molecule has 36 heavy (non-hydrogen) atoms. The second kappa shape index (κ2) is 8.61. The van der Waals surface area contributed by atoms with Gasteiger partial charge in [-0.15, -0.1) is 0 Å². The standard InChI is InChI=1S/C29H33N5O2/c1-18-11-21(22-14-26(36-4)28-30-17-31-34(28)15-22)13-25-27(18)23-12-20(5-6-24(23)32-25)19-7-9-33(10-8-19)16-29(2,3)35/h5-6,11-15,17,19,32,35H,7-10,16H2,1-4H3. The number of likely N-dealkylation sites (tertiary alicyclic amines) is 1. The van der Waals surface area contributed by atoms with E-state index >= 15 is 0 Å². The summed E-state index contributed by atoms with van der Waals surface area (Å²) in [5, 5.41) is 17.1. The molecule has 1 fully saturated rings. The van der Waals surface area contributed by atoms with Gasteiger partial charge in [0, 0.05) is 40.1 Å². The smallest absolute Gasteiger partial charge is 0.197 e. The highest BCUT2D eigenvalue weighted by Gasteiger charge is 2.25. The number of aromatic amines is 1. The van der Waals surface area contributed by atoms with E-state index in [0.717, 1.165) is 54.6 Å². The highest BCUT2D eigenvalue weighted by Crippen LogP contribution is 2.37. The molecule has 2 N–H and O–H groups in total. The minimum Gasteiger partial charge on any atom is -0.493 e. The van der Waals surface area contributed by atoms with Gasteiger partial charge in [0.1, 0.15) is 6.33 Å². The second-order valence-electron chi connectivity index (χ2n) is 10.8. The summed E-state index contributed by atoms with van der Waals surface area (Å²) in [6, 6.07) is 13.4. The van der Waals surface area contributed by atoms with Gasteiger partial charge in [0.05, 0.1) is 12.7 Å². The molecule has 1 saturated heterocycles. The Morgan fingerprint density at radius 1 is 1.08 bits per heavy atom. The summed E-state index contributed by atoms with van der Waals surface area (Å²) in [5.74, 6) is 1.26. The van der Waals surface area contributed by atoms with Crippen LogP contribution in [0.3, 0.4) is 0 Å². The molecule has 0 radical (unpaired) electrons. The summed E-state index contributed by atoms with van der Waals surface area (Å²) >= 11 is 0. The molecule has 0 spiro atoms. The highest BCUT2D eigenvalue weighted by atomic mass is 16.5. The number of hydrogen-bond donors (Lipinski definition) is 2. The van der Waals surface area contributed by atoms with Crippen molar-refractivity contribution in [3.63, 3.8) is 0 Å². The Morgan fingerprint density at radius 3 is 2.64 bits per heavy atom. The van der Waals surface area contributed by atoms with Gasteiger partial charge in [0.25, 0.3) is 0 Å².